The Morgan fingerprint density at radius 3 is 2.14 bits per heavy atom. The van der Waals surface area contributed by atoms with Gasteiger partial charge in [0, 0.05) is 13.7 Å². The molecule has 0 fully saturated rings. The quantitative estimate of drug-likeness (QED) is 0.643. The Labute approximate surface area is 88.7 Å². The van der Waals surface area contributed by atoms with Gasteiger partial charge in [-0.05, 0) is 18.3 Å². The monoisotopic (exact) mass is 202 g/mol. The molecule has 14 heavy (non-hydrogen) atoms. The second-order valence-electron chi connectivity index (χ2n) is 5.08. The number of aliphatic hydroxyl groups excluding tert-OH is 1. The highest BCUT2D eigenvalue weighted by Crippen LogP contribution is 2.23. The first kappa shape index (κ1) is 13.9. The van der Waals surface area contributed by atoms with E-state index in [1.807, 2.05) is 0 Å². The minimum atomic E-state index is -0.162. The van der Waals surface area contributed by atoms with E-state index >= 15 is 0 Å². The van der Waals surface area contributed by atoms with Crippen molar-refractivity contribution in [2.45, 2.75) is 59.0 Å². The van der Waals surface area contributed by atoms with E-state index in [-0.39, 0.29) is 11.5 Å². The lowest BCUT2D eigenvalue weighted by atomic mass is 9.86. The van der Waals surface area contributed by atoms with Crippen LogP contribution >= 0.6 is 0 Å². The Bertz CT molecular complexity index is 127. The molecule has 0 radical (unpaired) electrons. The number of unbranched alkanes of at least 4 members (excludes halogenated alkanes) is 3. The first-order valence-electron chi connectivity index (χ1n) is 5.65. The van der Waals surface area contributed by atoms with E-state index in [2.05, 4.69) is 20.8 Å². The van der Waals surface area contributed by atoms with E-state index in [1.54, 1.807) is 7.11 Å². The van der Waals surface area contributed by atoms with Gasteiger partial charge in [-0.15, -0.1) is 0 Å². The highest BCUT2D eigenvalue weighted by molar-refractivity contribution is 4.72. The minimum absolute atomic E-state index is 0.0343. The SMILES string of the molecule is COCCCCCCC(O)C(C)(C)C. The summed E-state index contributed by atoms with van der Waals surface area (Å²) in [5.41, 5.74) is 0.0343. The van der Waals surface area contributed by atoms with Crippen LogP contribution in [0.5, 0.6) is 0 Å². The van der Waals surface area contributed by atoms with Crippen LogP contribution in [0, 0.1) is 5.41 Å². The first-order valence-corrected chi connectivity index (χ1v) is 5.65. The third-order valence-corrected chi connectivity index (χ3v) is 2.58. The van der Waals surface area contributed by atoms with Crippen molar-refractivity contribution in [3.63, 3.8) is 0 Å². The standard InChI is InChI=1S/C12H26O2/c1-12(2,3)11(13)9-7-5-6-8-10-14-4/h11,13H,5-10H2,1-4H3. The maximum Gasteiger partial charge on any atom is 0.0588 e. The zero-order valence-corrected chi connectivity index (χ0v) is 10.2. The maximum absolute atomic E-state index is 9.76. The molecule has 0 aliphatic carbocycles. The van der Waals surface area contributed by atoms with Crippen molar-refractivity contribution in [3.05, 3.63) is 0 Å². The van der Waals surface area contributed by atoms with E-state index in [9.17, 15) is 5.11 Å². The van der Waals surface area contributed by atoms with Crippen molar-refractivity contribution in [1.82, 2.24) is 0 Å². The van der Waals surface area contributed by atoms with Crippen molar-refractivity contribution >= 4 is 0 Å². The summed E-state index contributed by atoms with van der Waals surface area (Å²) < 4.78 is 4.97. The van der Waals surface area contributed by atoms with Crippen molar-refractivity contribution in [2.24, 2.45) is 5.41 Å². The van der Waals surface area contributed by atoms with Crippen LogP contribution in [0.4, 0.5) is 0 Å². The fourth-order valence-electron chi connectivity index (χ4n) is 1.37. The molecular weight excluding hydrogens is 176 g/mol. The van der Waals surface area contributed by atoms with E-state index in [0.717, 1.165) is 25.9 Å². The molecule has 1 N–H and O–H groups in total. The largest absolute Gasteiger partial charge is 0.393 e. The molecule has 0 aliphatic rings. The molecule has 0 aliphatic heterocycles. The van der Waals surface area contributed by atoms with Gasteiger partial charge in [0.05, 0.1) is 6.10 Å². The molecule has 2 heteroatoms. The molecule has 0 aromatic rings. The molecule has 0 amide bonds. The number of hydrogen-bond acceptors (Lipinski definition) is 2. The van der Waals surface area contributed by atoms with E-state index in [1.165, 1.54) is 12.8 Å². The van der Waals surface area contributed by atoms with Crippen LogP contribution in [0.3, 0.4) is 0 Å². The van der Waals surface area contributed by atoms with Crippen molar-refractivity contribution in [1.29, 1.82) is 0 Å². The molecule has 0 spiro atoms. The van der Waals surface area contributed by atoms with Gasteiger partial charge in [0.25, 0.3) is 0 Å². The number of rotatable bonds is 7. The predicted octanol–water partition coefficient (Wildman–Crippen LogP) is 2.99. The number of hydrogen-bond donors (Lipinski definition) is 1. The second kappa shape index (κ2) is 7.24. The highest BCUT2D eigenvalue weighted by Gasteiger charge is 2.20. The highest BCUT2D eigenvalue weighted by atomic mass is 16.5. The fourth-order valence-corrected chi connectivity index (χ4v) is 1.37. The molecule has 0 saturated carbocycles. The smallest absolute Gasteiger partial charge is 0.0588 e. The van der Waals surface area contributed by atoms with E-state index in [0.29, 0.717) is 0 Å². The fraction of sp³-hybridized carbons (Fsp3) is 1.00. The van der Waals surface area contributed by atoms with Crippen LogP contribution < -0.4 is 0 Å². The molecule has 0 aromatic carbocycles. The Morgan fingerprint density at radius 1 is 1.07 bits per heavy atom. The lowest BCUT2D eigenvalue weighted by Gasteiger charge is -2.25. The molecule has 2 nitrogen and oxygen atoms in total. The molecule has 0 heterocycles. The van der Waals surface area contributed by atoms with Crippen LogP contribution in [-0.2, 0) is 4.74 Å². The summed E-state index contributed by atoms with van der Waals surface area (Å²) in [4.78, 5) is 0. The normalized spacial score (nSPS) is 14.4. The zero-order valence-electron chi connectivity index (χ0n) is 10.2. The summed E-state index contributed by atoms with van der Waals surface area (Å²) in [7, 11) is 1.74. The summed E-state index contributed by atoms with van der Waals surface area (Å²) >= 11 is 0. The predicted molar refractivity (Wildman–Crippen MR) is 60.4 cm³/mol. The molecule has 0 rings (SSSR count). The summed E-state index contributed by atoms with van der Waals surface area (Å²) in [6, 6.07) is 0. The third-order valence-electron chi connectivity index (χ3n) is 2.58. The minimum Gasteiger partial charge on any atom is -0.393 e. The summed E-state index contributed by atoms with van der Waals surface area (Å²) in [5, 5.41) is 9.76. The van der Waals surface area contributed by atoms with Crippen LogP contribution in [-0.4, -0.2) is 24.9 Å². The van der Waals surface area contributed by atoms with Crippen molar-refractivity contribution < 1.29 is 9.84 Å². The lowest BCUT2D eigenvalue weighted by molar-refractivity contribution is 0.0532. The Morgan fingerprint density at radius 2 is 1.64 bits per heavy atom. The van der Waals surface area contributed by atoms with Gasteiger partial charge in [0.1, 0.15) is 0 Å². The van der Waals surface area contributed by atoms with Crippen LogP contribution in [0.15, 0.2) is 0 Å². The second-order valence-corrected chi connectivity index (χ2v) is 5.08. The van der Waals surface area contributed by atoms with Gasteiger partial charge in [-0.3, -0.25) is 0 Å². The molecule has 0 bridgehead atoms. The van der Waals surface area contributed by atoms with E-state index < -0.39 is 0 Å². The van der Waals surface area contributed by atoms with Crippen molar-refractivity contribution in [2.75, 3.05) is 13.7 Å². The zero-order chi connectivity index (χ0) is 11.0. The first-order chi connectivity index (χ1) is 6.48. The lowest BCUT2D eigenvalue weighted by Crippen LogP contribution is -2.25. The summed E-state index contributed by atoms with van der Waals surface area (Å²) in [5.74, 6) is 0. The number of aliphatic hydroxyl groups is 1. The third kappa shape index (κ3) is 7.34. The average Bonchev–Trinajstić information content (AvgIpc) is 2.09. The van der Waals surface area contributed by atoms with Gasteiger partial charge in [-0.2, -0.15) is 0 Å². The van der Waals surface area contributed by atoms with Gasteiger partial charge in [0.15, 0.2) is 0 Å². The molecule has 0 saturated heterocycles. The van der Waals surface area contributed by atoms with Gasteiger partial charge >= 0.3 is 0 Å². The average molecular weight is 202 g/mol. The molecule has 86 valence electrons. The summed E-state index contributed by atoms with van der Waals surface area (Å²) in [6.45, 7) is 7.12. The Kier molecular flexibility index (Phi) is 7.20. The topological polar surface area (TPSA) is 29.5 Å². The molecule has 0 aromatic heterocycles. The molecule has 1 atom stereocenters. The van der Waals surface area contributed by atoms with Gasteiger partial charge < -0.3 is 9.84 Å². The number of ether oxygens (including phenoxy) is 1. The van der Waals surface area contributed by atoms with Crippen LogP contribution in [0.25, 0.3) is 0 Å². The molecular formula is C12H26O2. The van der Waals surface area contributed by atoms with Gasteiger partial charge in [-0.1, -0.05) is 40.0 Å². The Balaban J connectivity index is 3.28. The van der Waals surface area contributed by atoms with Gasteiger partial charge in [-0.25, -0.2) is 0 Å². The molecule has 1 unspecified atom stereocenters. The van der Waals surface area contributed by atoms with Crippen LogP contribution in [0.1, 0.15) is 52.9 Å². The van der Waals surface area contributed by atoms with Gasteiger partial charge in [0.2, 0.25) is 0 Å². The summed E-state index contributed by atoms with van der Waals surface area (Å²) in [6.07, 6.45) is 5.45. The number of methoxy groups -OCH3 is 1. The Hall–Kier alpha value is -0.0800. The van der Waals surface area contributed by atoms with Crippen molar-refractivity contribution in [3.8, 4) is 0 Å². The van der Waals surface area contributed by atoms with E-state index in [4.69, 9.17) is 4.74 Å². The maximum atomic E-state index is 9.76. The van der Waals surface area contributed by atoms with Crippen LogP contribution in [0.2, 0.25) is 0 Å².